The predicted octanol–water partition coefficient (Wildman–Crippen LogP) is 4.55. The molecule has 1 aliphatic carbocycles. The number of amides is 1. The van der Waals surface area contributed by atoms with Gasteiger partial charge in [0.25, 0.3) is 0 Å². The number of hydrogen-bond donors (Lipinski definition) is 1. The van der Waals surface area contributed by atoms with Crippen LogP contribution in [-0.2, 0) is 11.3 Å². The van der Waals surface area contributed by atoms with Gasteiger partial charge in [0.05, 0.1) is 5.69 Å². The summed E-state index contributed by atoms with van der Waals surface area (Å²) in [5, 5.41) is 8.87. The number of hydrogen-bond acceptors (Lipinski definition) is 3. The predicted molar refractivity (Wildman–Crippen MR) is 112 cm³/mol. The van der Waals surface area contributed by atoms with Gasteiger partial charge in [-0.2, -0.15) is 5.10 Å². The summed E-state index contributed by atoms with van der Waals surface area (Å²) in [4.78, 5) is 17.2. The number of rotatable bonds is 4. The van der Waals surface area contributed by atoms with Gasteiger partial charge in [-0.3, -0.25) is 4.79 Å². The van der Waals surface area contributed by atoms with Gasteiger partial charge in [0, 0.05) is 17.6 Å². The molecule has 3 aromatic rings. The second-order valence-electron chi connectivity index (χ2n) is 7.93. The number of aryl methyl sites for hydroxylation is 2. The summed E-state index contributed by atoms with van der Waals surface area (Å²) in [5.41, 5.74) is 5.16. The molecular formula is C23H28N4O. The molecule has 0 spiro atoms. The summed E-state index contributed by atoms with van der Waals surface area (Å²) in [6.07, 6.45) is 8.94. The van der Waals surface area contributed by atoms with Crippen molar-refractivity contribution in [2.24, 2.45) is 0 Å². The van der Waals surface area contributed by atoms with E-state index < -0.39 is 0 Å². The molecule has 1 fully saturated rings. The van der Waals surface area contributed by atoms with Gasteiger partial charge in [-0.15, -0.1) is 0 Å². The molecule has 5 nitrogen and oxygen atoms in total. The van der Waals surface area contributed by atoms with Crippen molar-refractivity contribution in [3.05, 3.63) is 47.8 Å². The molecular weight excluding hydrogens is 348 g/mol. The van der Waals surface area contributed by atoms with Gasteiger partial charge in [0.2, 0.25) is 5.91 Å². The van der Waals surface area contributed by atoms with Gasteiger partial charge in [-0.1, -0.05) is 55.5 Å². The van der Waals surface area contributed by atoms with Crippen molar-refractivity contribution in [3.63, 3.8) is 0 Å². The molecule has 1 amide bonds. The Hall–Kier alpha value is -2.69. The van der Waals surface area contributed by atoms with Gasteiger partial charge in [0.15, 0.2) is 5.65 Å². The van der Waals surface area contributed by atoms with Crippen molar-refractivity contribution in [1.29, 1.82) is 0 Å². The Morgan fingerprint density at radius 1 is 1.14 bits per heavy atom. The highest BCUT2D eigenvalue weighted by molar-refractivity contribution is 5.95. The monoisotopic (exact) mass is 376 g/mol. The van der Waals surface area contributed by atoms with Gasteiger partial charge in [-0.25, -0.2) is 9.67 Å². The summed E-state index contributed by atoms with van der Waals surface area (Å²) < 4.78 is 1.75. The summed E-state index contributed by atoms with van der Waals surface area (Å²) in [7, 11) is 0. The lowest BCUT2D eigenvalue weighted by molar-refractivity contribution is -0.122. The van der Waals surface area contributed by atoms with Crippen molar-refractivity contribution in [2.45, 2.75) is 65.0 Å². The van der Waals surface area contributed by atoms with E-state index >= 15 is 0 Å². The Bertz CT molecular complexity index is 983. The first-order chi connectivity index (χ1) is 13.6. The van der Waals surface area contributed by atoms with Crippen LogP contribution in [-0.4, -0.2) is 26.7 Å². The van der Waals surface area contributed by atoms with E-state index in [1.54, 1.807) is 10.9 Å². The van der Waals surface area contributed by atoms with Gasteiger partial charge >= 0.3 is 0 Å². The molecule has 5 heteroatoms. The first-order valence-electron chi connectivity index (χ1n) is 10.3. The van der Waals surface area contributed by atoms with E-state index in [-0.39, 0.29) is 12.5 Å². The van der Waals surface area contributed by atoms with E-state index in [2.05, 4.69) is 46.6 Å². The van der Waals surface area contributed by atoms with E-state index in [4.69, 9.17) is 0 Å². The van der Waals surface area contributed by atoms with Gasteiger partial charge in [0.1, 0.15) is 6.54 Å². The molecule has 0 radical (unpaired) electrons. The number of fused-ring (bicyclic) bond motifs is 1. The lowest BCUT2D eigenvalue weighted by Gasteiger charge is -2.16. The number of carbonyl (C=O) groups excluding carboxylic acids is 1. The fraction of sp³-hybridized carbons (Fsp3) is 0.435. The molecule has 0 saturated heterocycles. The maximum absolute atomic E-state index is 12.6. The molecule has 28 heavy (non-hydrogen) atoms. The number of nitrogens with zero attached hydrogens (tertiary/aromatic N) is 3. The lowest BCUT2D eigenvalue weighted by Crippen LogP contribution is -2.36. The molecule has 1 N–H and O–H groups in total. The van der Waals surface area contributed by atoms with Gasteiger partial charge < -0.3 is 5.32 Å². The van der Waals surface area contributed by atoms with Crippen LogP contribution < -0.4 is 5.32 Å². The third-order valence-corrected chi connectivity index (χ3v) is 5.65. The normalized spacial score (nSPS) is 15.5. The second kappa shape index (κ2) is 8.13. The zero-order valence-corrected chi connectivity index (χ0v) is 16.7. The Labute approximate surface area is 166 Å². The lowest BCUT2D eigenvalue weighted by atomic mass is 10.0. The van der Waals surface area contributed by atoms with Crippen LogP contribution in [0.2, 0.25) is 0 Å². The van der Waals surface area contributed by atoms with Crippen LogP contribution in [0.25, 0.3) is 22.2 Å². The maximum Gasteiger partial charge on any atom is 0.242 e. The van der Waals surface area contributed by atoms with Crippen LogP contribution >= 0.6 is 0 Å². The van der Waals surface area contributed by atoms with Crippen LogP contribution in [0.4, 0.5) is 0 Å². The highest BCUT2D eigenvalue weighted by Gasteiger charge is 2.18. The summed E-state index contributed by atoms with van der Waals surface area (Å²) in [6.45, 7) is 4.30. The first kappa shape index (κ1) is 18.7. The zero-order chi connectivity index (χ0) is 19.5. The maximum atomic E-state index is 12.6. The smallest absolute Gasteiger partial charge is 0.242 e. The largest absolute Gasteiger partial charge is 0.352 e. The van der Waals surface area contributed by atoms with Crippen LogP contribution in [0.1, 0.15) is 49.8 Å². The molecule has 0 bridgehead atoms. The number of nitrogens with one attached hydrogen (secondary N) is 1. The van der Waals surface area contributed by atoms with Crippen LogP contribution in [0.5, 0.6) is 0 Å². The average Bonchev–Trinajstić information content (AvgIpc) is 2.85. The van der Waals surface area contributed by atoms with E-state index in [0.717, 1.165) is 40.7 Å². The van der Waals surface area contributed by atoms with E-state index in [1.807, 2.05) is 13.0 Å². The molecule has 1 aromatic carbocycles. The molecule has 2 aromatic heterocycles. The van der Waals surface area contributed by atoms with Crippen LogP contribution in [0.15, 0.2) is 36.5 Å². The summed E-state index contributed by atoms with van der Waals surface area (Å²) in [5.74, 6) is 0.0269. The minimum Gasteiger partial charge on any atom is -0.352 e. The van der Waals surface area contributed by atoms with Crippen LogP contribution in [0.3, 0.4) is 0 Å². The molecule has 1 aliphatic rings. The Kier molecular flexibility index (Phi) is 5.42. The number of pyridine rings is 1. The van der Waals surface area contributed by atoms with Crippen molar-refractivity contribution < 1.29 is 4.79 Å². The zero-order valence-electron chi connectivity index (χ0n) is 16.7. The second-order valence-corrected chi connectivity index (χ2v) is 7.93. The number of benzene rings is 1. The Balaban J connectivity index is 1.60. The van der Waals surface area contributed by atoms with Gasteiger partial charge in [-0.05, 0) is 43.9 Å². The standard InChI is InChI=1S/C23H28N4O/c1-16-8-7-9-18(14-16)20-12-13-24-23-22(20)17(2)26-27(23)15-21(28)25-19-10-5-3-4-6-11-19/h7-9,12-14,19H,3-6,10-11,15H2,1-2H3,(H,25,28). The third-order valence-electron chi connectivity index (χ3n) is 5.65. The molecule has 0 atom stereocenters. The third kappa shape index (κ3) is 3.93. The van der Waals surface area contributed by atoms with Crippen molar-refractivity contribution in [1.82, 2.24) is 20.1 Å². The molecule has 0 aliphatic heterocycles. The van der Waals surface area contributed by atoms with E-state index in [1.165, 1.54) is 31.2 Å². The van der Waals surface area contributed by atoms with Crippen molar-refractivity contribution in [2.75, 3.05) is 0 Å². The Morgan fingerprint density at radius 3 is 2.68 bits per heavy atom. The number of carbonyl (C=O) groups is 1. The Morgan fingerprint density at radius 2 is 1.93 bits per heavy atom. The quantitative estimate of drug-likeness (QED) is 0.679. The van der Waals surface area contributed by atoms with Crippen LogP contribution in [0, 0.1) is 13.8 Å². The molecule has 1 saturated carbocycles. The number of aromatic nitrogens is 3. The molecule has 4 rings (SSSR count). The fourth-order valence-corrected chi connectivity index (χ4v) is 4.28. The minimum absolute atomic E-state index is 0.0269. The average molecular weight is 377 g/mol. The molecule has 2 heterocycles. The molecule has 0 unspecified atom stereocenters. The highest BCUT2D eigenvalue weighted by Crippen LogP contribution is 2.30. The van der Waals surface area contributed by atoms with Crippen molar-refractivity contribution >= 4 is 16.9 Å². The minimum atomic E-state index is 0.0269. The topological polar surface area (TPSA) is 59.8 Å². The summed E-state index contributed by atoms with van der Waals surface area (Å²) in [6, 6.07) is 10.8. The van der Waals surface area contributed by atoms with E-state index in [0.29, 0.717) is 6.04 Å². The first-order valence-corrected chi connectivity index (χ1v) is 10.3. The van der Waals surface area contributed by atoms with E-state index in [9.17, 15) is 4.79 Å². The molecule has 146 valence electrons. The highest BCUT2D eigenvalue weighted by atomic mass is 16.2. The van der Waals surface area contributed by atoms with Crippen molar-refractivity contribution in [3.8, 4) is 11.1 Å². The summed E-state index contributed by atoms with van der Waals surface area (Å²) >= 11 is 0. The fourth-order valence-electron chi connectivity index (χ4n) is 4.28. The SMILES string of the molecule is Cc1cccc(-c2ccnc3c2c(C)nn3CC(=O)NC2CCCCCC2)c1.